The second-order valence-corrected chi connectivity index (χ2v) is 2.99. The third-order valence-electron chi connectivity index (χ3n) is 1.56. The monoisotopic (exact) mass is 220 g/mol. The summed E-state index contributed by atoms with van der Waals surface area (Å²) in [5, 5.41) is 18.0. The SMILES string of the molecule is CCOC(O)(CCCC(=O)O)OC(C)=O. The van der Waals surface area contributed by atoms with Crippen LogP contribution in [0.25, 0.3) is 0 Å². The summed E-state index contributed by atoms with van der Waals surface area (Å²) in [6, 6.07) is 0. The Bertz CT molecular complexity index is 227. The van der Waals surface area contributed by atoms with Gasteiger partial charge in [0.15, 0.2) is 0 Å². The van der Waals surface area contributed by atoms with E-state index in [4.69, 9.17) is 9.84 Å². The standard InChI is InChI=1S/C9H16O6/c1-3-14-9(13,15-7(2)10)6-4-5-8(11)12/h13H,3-6H2,1-2H3,(H,11,12). The highest BCUT2D eigenvalue weighted by molar-refractivity contribution is 5.67. The Labute approximate surface area is 87.8 Å². The van der Waals surface area contributed by atoms with Crippen molar-refractivity contribution >= 4 is 11.9 Å². The van der Waals surface area contributed by atoms with Crippen molar-refractivity contribution in [2.45, 2.75) is 39.1 Å². The van der Waals surface area contributed by atoms with Crippen LogP contribution in [0.3, 0.4) is 0 Å². The molecular formula is C9H16O6. The molecule has 6 heteroatoms. The fourth-order valence-corrected chi connectivity index (χ4v) is 1.07. The topological polar surface area (TPSA) is 93.1 Å². The number of esters is 1. The fraction of sp³-hybridized carbons (Fsp3) is 0.778. The number of carbonyl (C=O) groups excluding carboxylic acids is 1. The number of aliphatic carboxylic acids is 1. The van der Waals surface area contributed by atoms with E-state index >= 15 is 0 Å². The van der Waals surface area contributed by atoms with Crippen molar-refractivity contribution < 1.29 is 29.3 Å². The fourth-order valence-electron chi connectivity index (χ4n) is 1.07. The number of hydrogen-bond acceptors (Lipinski definition) is 5. The van der Waals surface area contributed by atoms with Crippen LogP contribution in [0.15, 0.2) is 0 Å². The first-order valence-electron chi connectivity index (χ1n) is 4.67. The molecule has 88 valence electrons. The van der Waals surface area contributed by atoms with E-state index in [0.717, 1.165) is 6.92 Å². The molecular weight excluding hydrogens is 204 g/mol. The zero-order valence-corrected chi connectivity index (χ0v) is 8.86. The number of hydrogen-bond donors (Lipinski definition) is 2. The van der Waals surface area contributed by atoms with Crippen LogP contribution < -0.4 is 0 Å². The molecule has 1 atom stereocenters. The Morgan fingerprint density at radius 2 is 2.00 bits per heavy atom. The summed E-state index contributed by atoms with van der Waals surface area (Å²) >= 11 is 0. The maximum Gasteiger partial charge on any atom is 0.326 e. The first kappa shape index (κ1) is 13.9. The van der Waals surface area contributed by atoms with Gasteiger partial charge in [-0.2, -0.15) is 0 Å². The van der Waals surface area contributed by atoms with E-state index in [9.17, 15) is 14.7 Å². The minimum absolute atomic E-state index is 0.0628. The van der Waals surface area contributed by atoms with E-state index in [1.807, 2.05) is 0 Å². The number of rotatable bonds is 7. The molecule has 0 radical (unpaired) electrons. The molecule has 0 spiro atoms. The molecule has 0 aromatic rings. The van der Waals surface area contributed by atoms with E-state index < -0.39 is 17.9 Å². The zero-order chi connectivity index (χ0) is 11.9. The Morgan fingerprint density at radius 1 is 1.40 bits per heavy atom. The maximum atomic E-state index is 10.7. The zero-order valence-electron chi connectivity index (χ0n) is 8.86. The van der Waals surface area contributed by atoms with Crippen molar-refractivity contribution in [2.75, 3.05) is 6.61 Å². The van der Waals surface area contributed by atoms with Gasteiger partial charge in [-0.1, -0.05) is 0 Å². The third kappa shape index (κ3) is 6.87. The number of carbonyl (C=O) groups is 2. The van der Waals surface area contributed by atoms with Crippen LogP contribution >= 0.6 is 0 Å². The molecule has 0 bridgehead atoms. The van der Waals surface area contributed by atoms with Gasteiger partial charge in [-0.05, 0) is 13.3 Å². The van der Waals surface area contributed by atoms with Gasteiger partial charge in [0.25, 0.3) is 0 Å². The smallest absolute Gasteiger partial charge is 0.326 e. The molecule has 0 amide bonds. The molecule has 1 unspecified atom stereocenters. The van der Waals surface area contributed by atoms with E-state index in [1.54, 1.807) is 6.92 Å². The van der Waals surface area contributed by atoms with Crippen molar-refractivity contribution in [3.05, 3.63) is 0 Å². The Balaban J connectivity index is 4.11. The van der Waals surface area contributed by atoms with Gasteiger partial charge in [-0.3, -0.25) is 9.59 Å². The van der Waals surface area contributed by atoms with Crippen molar-refractivity contribution in [1.29, 1.82) is 0 Å². The molecule has 2 N–H and O–H groups in total. The first-order chi connectivity index (χ1) is 6.89. The molecule has 0 aromatic carbocycles. The summed E-state index contributed by atoms with van der Waals surface area (Å²) in [5.41, 5.74) is 0. The highest BCUT2D eigenvalue weighted by atomic mass is 16.8. The number of carboxylic acid groups (broad SMARTS) is 1. The van der Waals surface area contributed by atoms with Gasteiger partial charge < -0.3 is 19.7 Å². The average molecular weight is 220 g/mol. The van der Waals surface area contributed by atoms with Gasteiger partial charge in [0.05, 0.1) is 6.61 Å². The predicted octanol–water partition coefficient (Wildman–Crippen LogP) is 0.487. The maximum absolute atomic E-state index is 10.7. The van der Waals surface area contributed by atoms with Gasteiger partial charge in [-0.15, -0.1) is 0 Å². The highest BCUT2D eigenvalue weighted by Gasteiger charge is 2.30. The van der Waals surface area contributed by atoms with E-state index in [1.165, 1.54) is 0 Å². The lowest BCUT2D eigenvalue weighted by molar-refractivity contribution is -0.343. The number of ether oxygens (including phenoxy) is 2. The summed E-state index contributed by atoms with van der Waals surface area (Å²) in [7, 11) is 0. The van der Waals surface area contributed by atoms with Crippen molar-refractivity contribution in [3.8, 4) is 0 Å². The molecule has 0 aliphatic rings. The summed E-state index contributed by atoms with van der Waals surface area (Å²) < 4.78 is 9.40. The lowest BCUT2D eigenvalue weighted by Crippen LogP contribution is -2.37. The largest absolute Gasteiger partial charge is 0.481 e. The molecule has 0 heterocycles. The van der Waals surface area contributed by atoms with Crippen LogP contribution in [0.4, 0.5) is 0 Å². The molecule has 0 aliphatic heterocycles. The van der Waals surface area contributed by atoms with Crippen LogP contribution in [-0.4, -0.2) is 34.7 Å². The summed E-state index contributed by atoms with van der Waals surface area (Å²) in [6.45, 7) is 2.93. The third-order valence-corrected chi connectivity index (χ3v) is 1.56. The lowest BCUT2D eigenvalue weighted by atomic mass is 10.2. The van der Waals surface area contributed by atoms with Crippen molar-refractivity contribution in [1.82, 2.24) is 0 Å². The van der Waals surface area contributed by atoms with Gasteiger partial charge in [0.1, 0.15) is 0 Å². The summed E-state index contributed by atoms with van der Waals surface area (Å²) in [5.74, 6) is -3.66. The van der Waals surface area contributed by atoms with Crippen LogP contribution in [0.5, 0.6) is 0 Å². The molecule has 0 saturated heterocycles. The summed E-state index contributed by atoms with van der Waals surface area (Å²) in [6.07, 6.45) is -0.0114. The van der Waals surface area contributed by atoms with E-state index in [2.05, 4.69) is 4.74 Å². The second kappa shape index (κ2) is 6.36. The van der Waals surface area contributed by atoms with Gasteiger partial charge in [-0.25, -0.2) is 0 Å². The Hall–Kier alpha value is -1.14. The molecule has 15 heavy (non-hydrogen) atoms. The molecule has 0 aliphatic carbocycles. The van der Waals surface area contributed by atoms with Crippen LogP contribution in [0, 0.1) is 0 Å². The molecule has 0 rings (SSSR count). The Morgan fingerprint density at radius 3 is 2.40 bits per heavy atom. The minimum atomic E-state index is -2.00. The normalized spacial score (nSPS) is 14.3. The first-order valence-corrected chi connectivity index (χ1v) is 4.67. The predicted molar refractivity (Wildman–Crippen MR) is 49.8 cm³/mol. The summed E-state index contributed by atoms with van der Waals surface area (Å²) in [4.78, 5) is 20.9. The van der Waals surface area contributed by atoms with Crippen molar-refractivity contribution in [3.63, 3.8) is 0 Å². The van der Waals surface area contributed by atoms with E-state index in [0.29, 0.717) is 0 Å². The average Bonchev–Trinajstić information content (AvgIpc) is 2.01. The minimum Gasteiger partial charge on any atom is -0.481 e. The quantitative estimate of drug-likeness (QED) is 0.479. The van der Waals surface area contributed by atoms with Crippen LogP contribution in [0.1, 0.15) is 33.1 Å². The number of carboxylic acids is 1. The highest BCUT2D eigenvalue weighted by Crippen LogP contribution is 2.18. The molecule has 0 fully saturated rings. The van der Waals surface area contributed by atoms with Gasteiger partial charge >= 0.3 is 17.9 Å². The molecule has 0 saturated carbocycles. The van der Waals surface area contributed by atoms with E-state index in [-0.39, 0.29) is 25.9 Å². The van der Waals surface area contributed by atoms with Gasteiger partial charge in [0, 0.05) is 19.8 Å². The van der Waals surface area contributed by atoms with Crippen LogP contribution in [-0.2, 0) is 19.1 Å². The Kier molecular flexibility index (Phi) is 5.88. The molecule has 0 aromatic heterocycles. The second-order valence-electron chi connectivity index (χ2n) is 2.99. The van der Waals surface area contributed by atoms with Crippen molar-refractivity contribution in [2.24, 2.45) is 0 Å². The van der Waals surface area contributed by atoms with Gasteiger partial charge in [0.2, 0.25) is 0 Å². The lowest BCUT2D eigenvalue weighted by Gasteiger charge is -2.26. The van der Waals surface area contributed by atoms with Crippen LogP contribution in [0.2, 0.25) is 0 Å². The number of aliphatic hydroxyl groups is 1. The molecule has 6 nitrogen and oxygen atoms in total.